The first kappa shape index (κ1) is 24.3. The highest BCUT2D eigenvalue weighted by molar-refractivity contribution is 9.10. The van der Waals surface area contributed by atoms with Crippen molar-refractivity contribution in [1.29, 1.82) is 0 Å². The molecular weight excluding hydrogens is 526 g/mol. The van der Waals surface area contributed by atoms with E-state index in [4.69, 9.17) is 0 Å². The topological polar surface area (TPSA) is 11.4 Å². The zero-order valence-corrected chi connectivity index (χ0v) is 22.6. The predicted molar refractivity (Wildman–Crippen MR) is 146 cm³/mol. The number of nitrogens with zero attached hydrogens (tertiary/aromatic N) is 3. The Morgan fingerprint density at radius 1 is 0.625 bits per heavy atom. The predicted octanol–water partition coefficient (Wildman–Crippen LogP) is 7.69. The second kappa shape index (κ2) is 12.0. The molecule has 0 N–H and O–H groups in total. The fraction of sp³-hybridized carbons (Fsp3) is 0.556. The minimum absolute atomic E-state index is 1.10. The number of rotatable bonds is 11. The highest BCUT2D eigenvalue weighted by Crippen LogP contribution is 2.33. The van der Waals surface area contributed by atoms with Crippen molar-refractivity contribution < 1.29 is 0 Å². The van der Waals surface area contributed by atoms with E-state index in [2.05, 4.69) is 89.7 Å². The molecule has 3 aromatic rings. The fourth-order valence-corrected chi connectivity index (χ4v) is 5.72. The first-order valence-corrected chi connectivity index (χ1v) is 14.0. The van der Waals surface area contributed by atoms with Crippen LogP contribution in [-0.4, -0.2) is 54.1 Å². The second-order valence-corrected chi connectivity index (χ2v) is 11.3. The highest BCUT2D eigenvalue weighted by atomic mass is 79.9. The molecule has 5 heteroatoms. The van der Waals surface area contributed by atoms with Crippen molar-refractivity contribution in [2.45, 2.75) is 57.9 Å². The van der Waals surface area contributed by atoms with Crippen LogP contribution in [0.25, 0.3) is 21.8 Å². The summed E-state index contributed by atoms with van der Waals surface area (Å²) in [5.74, 6) is 0. The molecule has 3 nitrogen and oxygen atoms in total. The minimum Gasteiger partial charge on any atom is -0.340 e. The van der Waals surface area contributed by atoms with E-state index in [9.17, 15) is 0 Å². The van der Waals surface area contributed by atoms with Crippen molar-refractivity contribution in [3.8, 4) is 0 Å². The van der Waals surface area contributed by atoms with E-state index in [1.54, 1.807) is 0 Å². The molecule has 1 aromatic heterocycles. The molecule has 0 atom stereocenters. The molecule has 0 aliphatic carbocycles. The van der Waals surface area contributed by atoms with E-state index in [0.717, 1.165) is 15.5 Å². The molecule has 1 aliphatic rings. The van der Waals surface area contributed by atoms with Crippen molar-refractivity contribution in [3.05, 3.63) is 45.3 Å². The van der Waals surface area contributed by atoms with Gasteiger partial charge in [0.05, 0.1) is 11.0 Å². The number of fused-ring (bicyclic) bond motifs is 3. The van der Waals surface area contributed by atoms with Gasteiger partial charge < -0.3 is 14.4 Å². The standard InChI is InChI=1S/C27H37Br2N3/c1-30-16-18-31(19-17-30)14-8-6-4-2-3-5-7-9-15-32-26-20-22(28)10-12-24(26)25-13-11-23(29)21-27(25)32/h10-13,20-21H,2-9,14-19H2,1H3. The summed E-state index contributed by atoms with van der Waals surface area (Å²) in [6.45, 7) is 7.40. The maximum atomic E-state index is 3.66. The van der Waals surface area contributed by atoms with Gasteiger partial charge in [0.25, 0.3) is 0 Å². The molecule has 0 radical (unpaired) electrons. The molecule has 0 saturated carbocycles. The molecule has 1 aliphatic heterocycles. The van der Waals surface area contributed by atoms with Crippen molar-refractivity contribution in [1.82, 2.24) is 14.4 Å². The summed E-state index contributed by atoms with van der Waals surface area (Å²) >= 11 is 7.33. The van der Waals surface area contributed by atoms with Gasteiger partial charge in [-0.2, -0.15) is 0 Å². The van der Waals surface area contributed by atoms with Gasteiger partial charge in [0.1, 0.15) is 0 Å². The van der Waals surface area contributed by atoms with Crippen LogP contribution in [0.2, 0.25) is 0 Å². The van der Waals surface area contributed by atoms with Gasteiger partial charge in [0, 0.05) is 52.4 Å². The summed E-state index contributed by atoms with van der Waals surface area (Å²) in [5, 5.41) is 2.71. The third-order valence-electron chi connectivity index (χ3n) is 6.99. The van der Waals surface area contributed by atoms with Crippen LogP contribution in [0.5, 0.6) is 0 Å². The number of piperazine rings is 1. The lowest BCUT2D eigenvalue weighted by Gasteiger charge is -2.32. The first-order chi connectivity index (χ1) is 15.6. The van der Waals surface area contributed by atoms with Crippen LogP contribution >= 0.6 is 31.9 Å². The van der Waals surface area contributed by atoms with E-state index in [1.807, 2.05) is 0 Å². The van der Waals surface area contributed by atoms with Crippen molar-refractivity contribution in [3.63, 3.8) is 0 Å². The third kappa shape index (κ3) is 6.37. The number of unbranched alkanes of at least 4 members (excludes halogenated alkanes) is 7. The SMILES string of the molecule is CN1CCN(CCCCCCCCCCn2c3cc(Br)ccc3c3ccc(Br)cc32)CC1. The Morgan fingerprint density at radius 3 is 1.62 bits per heavy atom. The summed E-state index contributed by atoms with van der Waals surface area (Å²) < 4.78 is 4.82. The summed E-state index contributed by atoms with van der Waals surface area (Å²) in [4.78, 5) is 5.08. The van der Waals surface area contributed by atoms with Gasteiger partial charge in [0.15, 0.2) is 0 Å². The van der Waals surface area contributed by atoms with Gasteiger partial charge in [-0.25, -0.2) is 0 Å². The normalized spacial score (nSPS) is 15.8. The van der Waals surface area contributed by atoms with E-state index in [1.165, 1.54) is 106 Å². The van der Waals surface area contributed by atoms with Crippen LogP contribution in [0.4, 0.5) is 0 Å². The number of aromatic nitrogens is 1. The van der Waals surface area contributed by atoms with Crippen molar-refractivity contribution >= 4 is 53.7 Å². The number of halogens is 2. The van der Waals surface area contributed by atoms with Crippen LogP contribution in [0, 0.1) is 0 Å². The maximum absolute atomic E-state index is 3.66. The molecular formula is C27H37Br2N3. The lowest BCUT2D eigenvalue weighted by Crippen LogP contribution is -2.44. The number of benzene rings is 2. The molecule has 174 valence electrons. The van der Waals surface area contributed by atoms with Gasteiger partial charge in [0.2, 0.25) is 0 Å². The quantitative estimate of drug-likeness (QED) is 0.222. The second-order valence-electron chi connectivity index (χ2n) is 9.45. The Balaban J connectivity index is 1.16. The first-order valence-electron chi connectivity index (χ1n) is 12.4. The molecule has 2 heterocycles. The molecule has 0 bridgehead atoms. The van der Waals surface area contributed by atoms with Gasteiger partial charge in [-0.3, -0.25) is 0 Å². The van der Waals surface area contributed by atoms with Gasteiger partial charge in [-0.15, -0.1) is 0 Å². The van der Waals surface area contributed by atoms with Gasteiger partial charge >= 0.3 is 0 Å². The fourth-order valence-electron chi connectivity index (χ4n) is 5.02. The summed E-state index contributed by atoms with van der Waals surface area (Å²) in [7, 11) is 2.23. The number of hydrogen-bond acceptors (Lipinski definition) is 2. The van der Waals surface area contributed by atoms with Crippen LogP contribution < -0.4 is 0 Å². The van der Waals surface area contributed by atoms with Crippen molar-refractivity contribution in [2.24, 2.45) is 0 Å². The molecule has 32 heavy (non-hydrogen) atoms. The third-order valence-corrected chi connectivity index (χ3v) is 7.98. The summed E-state index contributed by atoms with van der Waals surface area (Å²) in [6.07, 6.45) is 10.9. The lowest BCUT2D eigenvalue weighted by atomic mass is 10.1. The Morgan fingerprint density at radius 2 is 1.09 bits per heavy atom. The van der Waals surface area contributed by atoms with E-state index >= 15 is 0 Å². The maximum Gasteiger partial charge on any atom is 0.0502 e. The Hall–Kier alpha value is -0.880. The van der Waals surface area contributed by atoms with E-state index in [-0.39, 0.29) is 0 Å². The zero-order valence-electron chi connectivity index (χ0n) is 19.5. The van der Waals surface area contributed by atoms with Gasteiger partial charge in [-0.1, -0.05) is 82.5 Å². The largest absolute Gasteiger partial charge is 0.340 e. The van der Waals surface area contributed by atoms with Crippen LogP contribution in [-0.2, 0) is 6.54 Å². The zero-order chi connectivity index (χ0) is 22.3. The number of aryl methyl sites for hydroxylation is 1. The van der Waals surface area contributed by atoms with E-state index in [0.29, 0.717) is 0 Å². The summed E-state index contributed by atoms with van der Waals surface area (Å²) in [5.41, 5.74) is 2.68. The average Bonchev–Trinajstić information content (AvgIpc) is 3.08. The number of likely N-dealkylation sites (N-methyl/N-ethyl adjacent to an activating group) is 1. The molecule has 2 aromatic carbocycles. The van der Waals surface area contributed by atoms with Crippen molar-refractivity contribution in [2.75, 3.05) is 39.8 Å². The smallest absolute Gasteiger partial charge is 0.0502 e. The average molecular weight is 563 g/mol. The monoisotopic (exact) mass is 561 g/mol. The van der Waals surface area contributed by atoms with Gasteiger partial charge in [-0.05, 0) is 50.7 Å². The minimum atomic E-state index is 1.10. The molecule has 1 fully saturated rings. The van der Waals surface area contributed by atoms with E-state index < -0.39 is 0 Å². The Labute approximate surface area is 210 Å². The molecule has 0 amide bonds. The summed E-state index contributed by atoms with van der Waals surface area (Å²) in [6, 6.07) is 13.3. The highest BCUT2D eigenvalue weighted by Gasteiger charge is 2.13. The van der Waals surface area contributed by atoms with Crippen LogP contribution in [0.1, 0.15) is 51.4 Å². The molecule has 1 saturated heterocycles. The Kier molecular flexibility index (Phi) is 9.10. The van der Waals surface area contributed by atoms with Crippen LogP contribution in [0.15, 0.2) is 45.3 Å². The molecule has 4 rings (SSSR count). The number of hydrogen-bond donors (Lipinski definition) is 0. The lowest BCUT2D eigenvalue weighted by molar-refractivity contribution is 0.152. The van der Waals surface area contributed by atoms with Crippen LogP contribution in [0.3, 0.4) is 0 Å². The Bertz CT molecular complexity index is 946. The molecule has 0 unspecified atom stereocenters. The molecule has 0 spiro atoms.